The van der Waals surface area contributed by atoms with Crippen molar-refractivity contribution < 1.29 is 19.0 Å². The number of aryl methyl sites for hydroxylation is 3. The Morgan fingerprint density at radius 1 is 1.02 bits per heavy atom. The Hall–Kier alpha value is -3.85. The number of nitrogens with one attached hydrogen (secondary N) is 1. The summed E-state index contributed by atoms with van der Waals surface area (Å²) in [5.41, 5.74) is 10.1. The Morgan fingerprint density at radius 2 is 1.89 bits per heavy atom. The molecule has 276 valence electrons. The fourth-order valence-electron chi connectivity index (χ4n) is 8.03. The molecule has 0 amide bonds. The van der Waals surface area contributed by atoms with Crippen LogP contribution in [-0.4, -0.2) is 50.4 Å². The Bertz CT molecular complexity index is 2320. The van der Waals surface area contributed by atoms with E-state index in [1.165, 1.54) is 12.7 Å². The van der Waals surface area contributed by atoms with Gasteiger partial charge in [0.1, 0.15) is 17.7 Å². The topological polar surface area (TPSA) is 97.4 Å². The number of thioether (sulfide) groups is 1. The average Bonchev–Trinajstić information content (AvgIpc) is 3.80. The summed E-state index contributed by atoms with van der Waals surface area (Å²) < 4.78 is 25.2. The van der Waals surface area contributed by atoms with E-state index in [-0.39, 0.29) is 12.2 Å². The number of hydrogen-bond acceptors (Lipinski definition) is 8. The molecule has 1 saturated heterocycles. The van der Waals surface area contributed by atoms with Crippen molar-refractivity contribution in [1.29, 1.82) is 0 Å². The summed E-state index contributed by atoms with van der Waals surface area (Å²) in [5, 5.41) is 17.1. The number of alkyl halides is 1. The number of esters is 1. The van der Waals surface area contributed by atoms with E-state index in [1.54, 1.807) is 11.8 Å². The standard InChI is InChI=1S/C41H45IN6O4S/c1-25-37-34(45-48(25)36-13-7-8-16-52-36)23-43-22-28-19-29(47(3)44-28)24-53-30-18-26-10-5-6-11-31(26)35(20-30)51-17-9-12-32-33-15-14-27(21-42)38(37)39(33)46(2)40(32)41(49)50-4/h5-6,10-11,14-15,18-20,36,43H,7-9,12-13,16-17,21-24H2,1-4H3. The number of methoxy groups -OCH3 is 1. The quantitative estimate of drug-likeness (QED) is 0.108. The van der Waals surface area contributed by atoms with Crippen LogP contribution in [-0.2, 0) is 53.3 Å². The minimum Gasteiger partial charge on any atom is -0.493 e. The van der Waals surface area contributed by atoms with Gasteiger partial charge in [-0.05, 0) is 73.7 Å². The first-order chi connectivity index (χ1) is 25.9. The van der Waals surface area contributed by atoms with Crippen LogP contribution in [0.3, 0.4) is 0 Å². The van der Waals surface area contributed by atoms with E-state index >= 15 is 0 Å². The molecule has 6 aromatic rings. The highest BCUT2D eigenvalue weighted by molar-refractivity contribution is 14.1. The normalized spacial score (nSPS) is 17.0. The van der Waals surface area contributed by atoms with Crippen LogP contribution in [0.4, 0.5) is 0 Å². The average molecular weight is 845 g/mol. The number of benzene rings is 3. The minimum atomic E-state index is -0.341. The maximum atomic E-state index is 13.6. The van der Waals surface area contributed by atoms with Gasteiger partial charge in [0.2, 0.25) is 0 Å². The number of carbonyl (C=O) groups excluding carboxylic acids is 1. The lowest BCUT2D eigenvalue weighted by atomic mass is 9.94. The number of rotatable bonds is 3. The van der Waals surface area contributed by atoms with Crippen molar-refractivity contribution in [1.82, 2.24) is 29.4 Å². The zero-order valence-corrected chi connectivity index (χ0v) is 33.7. The van der Waals surface area contributed by atoms with Crippen LogP contribution in [0.25, 0.3) is 32.8 Å². The maximum absolute atomic E-state index is 13.6. The van der Waals surface area contributed by atoms with Gasteiger partial charge in [0, 0.05) is 82.2 Å². The zero-order chi connectivity index (χ0) is 36.6. The first-order valence-corrected chi connectivity index (χ1v) is 20.9. The van der Waals surface area contributed by atoms with Gasteiger partial charge in [0.15, 0.2) is 0 Å². The lowest BCUT2D eigenvalue weighted by molar-refractivity contribution is -0.0408. The molecule has 53 heavy (non-hydrogen) atoms. The SMILES string of the molecule is COC(=O)c1c2c3ccc(CI)c(c3n1C)-c1c(nn(C3CCCCO3)c1C)CNCc1cc(n(C)n1)CSc1cc(c3ccccc3c1)OCCC2. The smallest absolute Gasteiger partial charge is 0.354 e. The predicted octanol–water partition coefficient (Wildman–Crippen LogP) is 8.56. The van der Waals surface area contributed by atoms with Crippen molar-refractivity contribution in [3.8, 4) is 16.9 Å². The van der Waals surface area contributed by atoms with Crippen LogP contribution in [0.2, 0.25) is 0 Å². The molecule has 0 aliphatic carbocycles. The van der Waals surface area contributed by atoms with Crippen molar-refractivity contribution in [3.05, 3.63) is 94.2 Å². The van der Waals surface area contributed by atoms with Crippen LogP contribution in [0, 0.1) is 6.92 Å². The van der Waals surface area contributed by atoms with E-state index in [0.717, 1.165) is 114 Å². The van der Waals surface area contributed by atoms with Gasteiger partial charge in [-0.3, -0.25) is 4.68 Å². The first-order valence-electron chi connectivity index (χ1n) is 18.3. The van der Waals surface area contributed by atoms with Crippen molar-refractivity contribution in [3.63, 3.8) is 0 Å². The second-order valence-corrected chi connectivity index (χ2v) is 15.7. The van der Waals surface area contributed by atoms with Crippen molar-refractivity contribution in [2.24, 2.45) is 14.1 Å². The van der Waals surface area contributed by atoms with E-state index in [9.17, 15) is 4.79 Å². The van der Waals surface area contributed by atoms with Crippen LogP contribution in [0.5, 0.6) is 5.75 Å². The van der Waals surface area contributed by atoms with Crippen LogP contribution < -0.4 is 10.1 Å². The Morgan fingerprint density at radius 3 is 2.70 bits per heavy atom. The third kappa shape index (κ3) is 6.87. The number of hydrogen-bond donors (Lipinski definition) is 1. The number of aromatic nitrogens is 5. The summed E-state index contributed by atoms with van der Waals surface area (Å²) >= 11 is 4.24. The molecule has 0 radical (unpaired) electrons. The van der Waals surface area contributed by atoms with Gasteiger partial charge < -0.3 is 24.1 Å². The lowest BCUT2D eigenvalue weighted by Gasteiger charge is -2.24. The molecule has 3 aromatic carbocycles. The molecule has 0 saturated carbocycles. The van der Waals surface area contributed by atoms with Crippen molar-refractivity contribution >= 4 is 62.0 Å². The van der Waals surface area contributed by atoms with Crippen LogP contribution >= 0.6 is 34.4 Å². The summed E-state index contributed by atoms with van der Waals surface area (Å²) in [6, 6.07) is 19.4. The highest BCUT2D eigenvalue weighted by atomic mass is 127. The molecule has 8 bridgehead atoms. The number of nitrogens with zero attached hydrogens (tertiary/aromatic N) is 5. The molecule has 1 fully saturated rings. The molecule has 0 spiro atoms. The summed E-state index contributed by atoms with van der Waals surface area (Å²) in [7, 11) is 5.47. The monoisotopic (exact) mass is 844 g/mol. The van der Waals surface area contributed by atoms with Gasteiger partial charge in [0.25, 0.3) is 0 Å². The third-order valence-corrected chi connectivity index (χ3v) is 12.4. The second-order valence-electron chi connectivity index (χ2n) is 13.9. The van der Waals surface area contributed by atoms with Gasteiger partial charge in [-0.25, -0.2) is 9.48 Å². The number of ether oxygens (including phenoxy) is 3. The molecular formula is C41H45IN6O4S. The number of fused-ring (bicyclic) bond motifs is 8. The lowest BCUT2D eigenvalue weighted by Crippen LogP contribution is -2.20. The minimum absolute atomic E-state index is 0.112. The molecule has 12 heteroatoms. The summed E-state index contributed by atoms with van der Waals surface area (Å²) in [4.78, 5) is 14.7. The van der Waals surface area contributed by atoms with Gasteiger partial charge in [0.05, 0.1) is 30.6 Å². The van der Waals surface area contributed by atoms with Gasteiger partial charge in [-0.2, -0.15) is 10.2 Å². The third-order valence-electron chi connectivity index (χ3n) is 10.6. The van der Waals surface area contributed by atoms with E-state index in [1.807, 2.05) is 23.3 Å². The molecule has 2 aliphatic heterocycles. The fraction of sp³-hybridized carbons (Fsp3) is 0.390. The van der Waals surface area contributed by atoms with Gasteiger partial charge >= 0.3 is 5.97 Å². The molecule has 10 nitrogen and oxygen atoms in total. The molecule has 5 heterocycles. The number of carbonyl (C=O) groups is 1. The molecule has 1 unspecified atom stereocenters. The van der Waals surface area contributed by atoms with Crippen LogP contribution in [0.1, 0.15) is 76.3 Å². The Labute approximate surface area is 327 Å². The maximum Gasteiger partial charge on any atom is 0.354 e. The fourth-order valence-corrected chi connectivity index (χ4v) is 9.65. The Kier molecular flexibility index (Phi) is 10.6. The van der Waals surface area contributed by atoms with Gasteiger partial charge in [-0.15, -0.1) is 11.8 Å². The molecule has 8 rings (SSSR count). The van der Waals surface area contributed by atoms with E-state index in [4.69, 9.17) is 24.4 Å². The first kappa shape index (κ1) is 36.1. The summed E-state index contributed by atoms with van der Waals surface area (Å²) in [5.74, 6) is 1.31. The Balaban J connectivity index is 1.29. The zero-order valence-electron chi connectivity index (χ0n) is 30.7. The highest BCUT2D eigenvalue weighted by Crippen LogP contribution is 2.42. The van der Waals surface area contributed by atoms with Crippen molar-refractivity contribution in [2.75, 3.05) is 20.3 Å². The number of halogens is 1. The molecular weight excluding hydrogens is 799 g/mol. The molecule has 1 N–H and O–H groups in total. The largest absolute Gasteiger partial charge is 0.493 e. The van der Waals surface area contributed by atoms with Crippen molar-refractivity contribution in [2.45, 2.75) is 73.4 Å². The second kappa shape index (κ2) is 15.5. The predicted molar refractivity (Wildman–Crippen MR) is 218 cm³/mol. The van der Waals surface area contributed by atoms with Crippen LogP contribution in [0.15, 0.2) is 59.5 Å². The van der Waals surface area contributed by atoms with E-state index in [0.29, 0.717) is 31.8 Å². The molecule has 2 aliphatic rings. The van der Waals surface area contributed by atoms with E-state index < -0.39 is 0 Å². The summed E-state index contributed by atoms with van der Waals surface area (Å²) in [6.07, 6.45) is 4.37. The van der Waals surface area contributed by atoms with Gasteiger partial charge in [-0.1, -0.05) is 59.0 Å². The molecule has 1 atom stereocenters. The highest BCUT2D eigenvalue weighted by Gasteiger charge is 2.30. The summed E-state index contributed by atoms with van der Waals surface area (Å²) in [6.45, 7) is 4.54. The van der Waals surface area contributed by atoms with E-state index in [2.05, 4.69) is 94.1 Å². The molecule has 3 aromatic heterocycles.